The van der Waals surface area contributed by atoms with Crippen molar-refractivity contribution in [2.75, 3.05) is 23.3 Å². The third-order valence-corrected chi connectivity index (χ3v) is 5.52. The summed E-state index contributed by atoms with van der Waals surface area (Å²) >= 11 is 5.07. The average Bonchev–Trinajstić information content (AvgIpc) is 3.05. The van der Waals surface area contributed by atoms with E-state index in [0.29, 0.717) is 5.69 Å². The van der Waals surface area contributed by atoms with Crippen LogP contribution in [0.1, 0.15) is 19.8 Å². The molecule has 23 heavy (non-hydrogen) atoms. The summed E-state index contributed by atoms with van der Waals surface area (Å²) in [6.07, 6.45) is 4.04. The van der Waals surface area contributed by atoms with E-state index < -0.39 is 0 Å². The molecular weight excluding hydrogens is 376 g/mol. The van der Waals surface area contributed by atoms with Gasteiger partial charge in [0.1, 0.15) is 5.03 Å². The van der Waals surface area contributed by atoms with E-state index in [1.54, 1.807) is 6.20 Å². The number of nitrogens with one attached hydrogen (secondary N) is 1. The van der Waals surface area contributed by atoms with Gasteiger partial charge in [0, 0.05) is 29.4 Å². The molecule has 3 rings (SSSR count). The van der Waals surface area contributed by atoms with Gasteiger partial charge in [-0.15, -0.1) is 0 Å². The van der Waals surface area contributed by atoms with Crippen molar-refractivity contribution >= 4 is 45.2 Å². The molecule has 5 nitrogen and oxygen atoms in total. The second-order valence-electron chi connectivity index (χ2n) is 5.30. The molecule has 0 atom stereocenters. The Morgan fingerprint density at radius 3 is 2.74 bits per heavy atom. The van der Waals surface area contributed by atoms with Gasteiger partial charge in [-0.25, -0.2) is 9.97 Å². The van der Waals surface area contributed by atoms with Gasteiger partial charge in [0.05, 0.1) is 11.9 Å². The fraction of sp³-hybridized carbons (Fsp3) is 0.312. The van der Waals surface area contributed by atoms with E-state index in [1.165, 1.54) is 31.5 Å². The number of hydrogen-bond donors (Lipinski definition) is 1. The lowest BCUT2D eigenvalue weighted by Gasteiger charge is -2.17. The number of rotatable bonds is 4. The SMILES string of the molecule is CC(=O)Nc1cnc(N2CCCC2)nc1Sc1ccccc1Br. The van der Waals surface area contributed by atoms with Crippen LogP contribution in [0, 0.1) is 0 Å². The predicted octanol–water partition coefficient (Wildman–Crippen LogP) is 3.95. The largest absolute Gasteiger partial charge is 0.341 e. The third-order valence-electron chi connectivity index (χ3n) is 3.48. The monoisotopic (exact) mass is 392 g/mol. The summed E-state index contributed by atoms with van der Waals surface area (Å²) in [5.74, 6) is 0.600. The number of benzene rings is 1. The quantitative estimate of drug-likeness (QED) is 0.798. The van der Waals surface area contributed by atoms with E-state index in [0.717, 1.165) is 33.4 Å². The average molecular weight is 393 g/mol. The molecule has 120 valence electrons. The summed E-state index contributed by atoms with van der Waals surface area (Å²) in [6.45, 7) is 3.46. The minimum absolute atomic E-state index is 0.128. The predicted molar refractivity (Wildman–Crippen MR) is 96.0 cm³/mol. The molecule has 1 fully saturated rings. The van der Waals surface area contributed by atoms with Gasteiger partial charge >= 0.3 is 0 Å². The van der Waals surface area contributed by atoms with Gasteiger partial charge in [-0.1, -0.05) is 23.9 Å². The summed E-state index contributed by atoms with van der Waals surface area (Å²) in [5.41, 5.74) is 0.640. The van der Waals surface area contributed by atoms with E-state index in [-0.39, 0.29) is 5.91 Å². The maximum absolute atomic E-state index is 11.4. The smallest absolute Gasteiger partial charge is 0.226 e. The molecule has 2 heterocycles. The summed E-state index contributed by atoms with van der Waals surface area (Å²) in [4.78, 5) is 23.8. The Labute approximate surface area is 148 Å². The number of halogens is 1. The molecule has 0 saturated carbocycles. The molecular formula is C16H17BrN4OS. The Morgan fingerprint density at radius 1 is 1.30 bits per heavy atom. The highest BCUT2D eigenvalue weighted by Gasteiger charge is 2.18. The minimum Gasteiger partial charge on any atom is -0.341 e. The van der Waals surface area contributed by atoms with Crippen LogP contribution in [-0.4, -0.2) is 29.0 Å². The number of carbonyl (C=O) groups excluding carboxylic acids is 1. The van der Waals surface area contributed by atoms with E-state index in [9.17, 15) is 4.79 Å². The van der Waals surface area contributed by atoms with Gasteiger partial charge in [-0.05, 0) is 40.9 Å². The topological polar surface area (TPSA) is 58.1 Å². The fourth-order valence-electron chi connectivity index (χ4n) is 2.41. The molecule has 1 saturated heterocycles. The molecule has 1 aromatic carbocycles. The maximum Gasteiger partial charge on any atom is 0.226 e. The van der Waals surface area contributed by atoms with Crippen molar-refractivity contribution in [3.05, 3.63) is 34.9 Å². The molecule has 1 aliphatic rings. The second-order valence-corrected chi connectivity index (χ2v) is 7.18. The number of aromatic nitrogens is 2. The molecule has 0 spiro atoms. The highest BCUT2D eigenvalue weighted by molar-refractivity contribution is 9.10. The van der Waals surface area contributed by atoms with Gasteiger partial charge < -0.3 is 10.2 Å². The van der Waals surface area contributed by atoms with Crippen LogP contribution in [0.4, 0.5) is 11.6 Å². The van der Waals surface area contributed by atoms with Crippen LogP contribution < -0.4 is 10.2 Å². The van der Waals surface area contributed by atoms with Crippen molar-refractivity contribution in [3.63, 3.8) is 0 Å². The Balaban J connectivity index is 1.94. The normalized spacial score (nSPS) is 14.1. The molecule has 1 amide bonds. The summed E-state index contributed by atoms with van der Waals surface area (Å²) in [7, 11) is 0. The molecule has 0 aliphatic carbocycles. The van der Waals surface area contributed by atoms with Crippen molar-refractivity contribution in [2.24, 2.45) is 0 Å². The van der Waals surface area contributed by atoms with E-state index >= 15 is 0 Å². The maximum atomic E-state index is 11.4. The van der Waals surface area contributed by atoms with Gasteiger partial charge in [0.2, 0.25) is 11.9 Å². The number of anilines is 2. The van der Waals surface area contributed by atoms with E-state index in [1.807, 2.05) is 24.3 Å². The van der Waals surface area contributed by atoms with Gasteiger partial charge in [0.15, 0.2) is 0 Å². The molecule has 0 unspecified atom stereocenters. The highest BCUT2D eigenvalue weighted by Crippen LogP contribution is 2.36. The molecule has 1 aliphatic heterocycles. The lowest BCUT2D eigenvalue weighted by molar-refractivity contribution is -0.114. The van der Waals surface area contributed by atoms with Crippen LogP contribution in [-0.2, 0) is 4.79 Å². The Bertz CT molecular complexity index is 719. The highest BCUT2D eigenvalue weighted by atomic mass is 79.9. The Hall–Kier alpha value is -1.60. The molecule has 7 heteroatoms. The van der Waals surface area contributed by atoms with E-state index in [2.05, 4.69) is 36.1 Å². The van der Waals surface area contributed by atoms with Gasteiger partial charge in [-0.2, -0.15) is 0 Å². The zero-order chi connectivity index (χ0) is 16.2. The van der Waals surface area contributed by atoms with Crippen LogP contribution >= 0.6 is 27.7 Å². The number of carbonyl (C=O) groups is 1. The summed E-state index contributed by atoms with van der Waals surface area (Å²) in [6, 6.07) is 7.96. The van der Waals surface area contributed by atoms with Crippen molar-refractivity contribution in [2.45, 2.75) is 29.7 Å². The first-order chi connectivity index (χ1) is 11.1. The van der Waals surface area contributed by atoms with Crippen molar-refractivity contribution < 1.29 is 4.79 Å². The fourth-order valence-corrected chi connectivity index (χ4v) is 3.80. The van der Waals surface area contributed by atoms with Crippen molar-refractivity contribution in [1.29, 1.82) is 0 Å². The molecule has 2 aromatic rings. The first kappa shape index (κ1) is 16.3. The second kappa shape index (κ2) is 7.31. The number of nitrogens with zero attached hydrogens (tertiary/aromatic N) is 3. The van der Waals surface area contributed by atoms with Crippen LogP contribution in [0.3, 0.4) is 0 Å². The standard InChI is InChI=1S/C16H17BrN4OS/c1-11(22)19-13-10-18-16(21-8-4-5-9-21)20-15(13)23-14-7-3-2-6-12(14)17/h2-3,6-7,10H,4-5,8-9H2,1H3,(H,19,22). The van der Waals surface area contributed by atoms with Crippen LogP contribution in [0.5, 0.6) is 0 Å². The molecule has 0 bridgehead atoms. The summed E-state index contributed by atoms with van der Waals surface area (Å²) in [5, 5.41) is 3.57. The Kier molecular flexibility index (Phi) is 5.17. The van der Waals surface area contributed by atoms with Crippen LogP contribution in [0.2, 0.25) is 0 Å². The van der Waals surface area contributed by atoms with Crippen molar-refractivity contribution in [1.82, 2.24) is 9.97 Å². The Morgan fingerprint density at radius 2 is 2.04 bits per heavy atom. The number of amides is 1. The summed E-state index contributed by atoms with van der Waals surface area (Å²) < 4.78 is 1.00. The minimum atomic E-state index is -0.128. The van der Waals surface area contributed by atoms with Crippen LogP contribution in [0.25, 0.3) is 0 Å². The number of hydrogen-bond acceptors (Lipinski definition) is 5. The molecule has 0 radical (unpaired) electrons. The zero-order valence-electron chi connectivity index (χ0n) is 12.8. The first-order valence-corrected chi connectivity index (χ1v) is 9.06. The molecule has 1 aromatic heterocycles. The third kappa shape index (κ3) is 4.03. The lowest BCUT2D eigenvalue weighted by Crippen LogP contribution is -2.21. The molecule has 1 N–H and O–H groups in total. The first-order valence-electron chi connectivity index (χ1n) is 7.45. The van der Waals surface area contributed by atoms with Crippen molar-refractivity contribution in [3.8, 4) is 0 Å². The lowest BCUT2D eigenvalue weighted by atomic mass is 10.4. The zero-order valence-corrected chi connectivity index (χ0v) is 15.2. The van der Waals surface area contributed by atoms with Crippen LogP contribution in [0.15, 0.2) is 44.9 Å². The van der Waals surface area contributed by atoms with Gasteiger partial charge in [-0.3, -0.25) is 4.79 Å². The van der Waals surface area contributed by atoms with E-state index in [4.69, 9.17) is 0 Å². The van der Waals surface area contributed by atoms with Gasteiger partial charge in [0.25, 0.3) is 0 Å².